The number of carbonyl (C=O) groups is 1. The largest absolute Gasteiger partial charge is 0.466 e. The molecule has 0 bridgehead atoms. The molecule has 0 aliphatic heterocycles. The van der Waals surface area contributed by atoms with Crippen LogP contribution >= 0.6 is 0 Å². The van der Waals surface area contributed by atoms with E-state index < -0.39 is 0 Å². The van der Waals surface area contributed by atoms with Crippen LogP contribution in [-0.2, 0) is 14.3 Å². The standard InChI is InChI=1S/C21H34O3/c1-20(2,3)24-18-9-8-17-16-7-6-14(13-19(22)23-5)12-15(16)10-11-21(17,18)4/h13,15-18H,6-12H2,1-5H3/b14-13-/t15-,16-,17+,18+,21+/m0/s1. The Bertz CT molecular complexity index is 516. The lowest BCUT2D eigenvalue weighted by atomic mass is 9.56. The summed E-state index contributed by atoms with van der Waals surface area (Å²) in [7, 11) is 1.46. The van der Waals surface area contributed by atoms with Crippen molar-refractivity contribution >= 4 is 5.97 Å². The predicted molar refractivity (Wildman–Crippen MR) is 95.6 cm³/mol. The van der Waals surface area contributed by atoms with Crippen LogP contribution in [0.25, 0.3) is 0 Å². The third-order valence-electron chi connectivity index (χ3n) is 6.84. The number of esters is 1. The lowest BCUT2D eigenvalue weighted by Gasteiger charge is -2.51. The molecule has 3 aliphatic rings. The van der Waals surface area contributed by atoms with Gasteiger partial charge in [-0.25, -0.2) is 4.79 Å². The van der Waals surface area contributed by atoms with Gasteiger partial charge in [0.1, 0.15) is 0 Å². The van der Waals surface area contributed by atoms with Crippen molar-refractivity contribution in [2.45, 2.75) is 84.3 Å². The summed E-state index contributed by atoms with van der Waals surface area (Å²) < 4.78 is 11.3. The summed E-state index contributed by atoms with van der Waals surface area (Å²) in [6.07, 6.45) is 10.6. The smallest absolute Gasteiger partial charge is 0.330 e. The van der Waals surface area contributed by atoms with Gasteiger partial charge in [-0.3, -0.25) is 0 Å². The number of hydrogen-bond donors (Lipinski definition) is 0. The van der Waals surface area contributed by atoms with Crippen molar-refractivity contribution in [3.8, 4) is 0 Å². The third-order valence-corrected chi connectivity index (χ3v) is 6.84. The first-order valence-corrected chi connectivity index (χ1v) is 9.68. The third kappa shape index (κ3) is 3.42. The Hall–Kier alpha value is -0.830. The zero-order chi connectivity index (χ0) is 17.5. The van der Waals surface area contributed by atoms with Crippen molar-refractivity contribution in [1.82, 2.24) is 0 Å². The highest BCUT2D eigenvalue weighted by Crippen LogP contribution is 2.60. The molecule has 0 heterocycles. The van der Waals surface area contributed by atoms with Crippen LogP contribution in [-0.4, -0.2) is 24.8 Å². The normalized spacial score (nSPS) is 41.0. The minimum absolute atomic E-state index is 0.0532. The maximum atomic E-state index is 11.5. The highest BCUT2D eigenvalue weighted by atomic mass is 16.5. The number of ether oxygens (including phenoxy) is 2. The van der Waals surface area contributed by atoms with E-state index in [-0.39, 0.29) is 11.6 Å². The fourth-order valence-corrected chi connectivity index (χ4v) is 5.78. The van der Waals surface area contributed by atoms with Gasteiger partial charge in [-0.2, -0.15) is 0 Å². The van der Waals surface area contributed by atoms with E-state index in [1.807, 2.05) is 0 Å². The van der Waals surface area contributed by atoms with E-state index in [2.05, 4.69) is 27.7 Å². The number of hydrogen-bond acceptors (Lipinski definition) is 3. The molecule has 3 fully saturated rings. The second kappa shape index (κ2) is 6.48. The number of fused-ring (bicyclic) bond motifs is 3. The van der Waals surface area contributed by atoms with Crippen molar-refractivity contribution in [3.63, 3.8) is 0 Å². The molecule has 3 nitrogen and oxygen atoms in total. The molecule has 0 aromatic rings. The highest BCUT2D eigenvalue weighted by Gasteiger charge is 2.55. The summed E-state index contributed by atoms with van der Waals surface area (Å²) in [6.45, 7) is 9.02. The summed E-state index contributed by atoms with van der Waals surface area (Å²) in [5.41, 5.74) is 1.59. The molecule has 0 aromatic carbocycles. The molecule has 24 heavy (non-hydrogen) atoms. The van der Waals surface area contributed by atoms with Crippen LogP contribution in [0.3, 0.4) is 0 Å². The van der Waals surface area contributed by atoms with Gasteiger partial charge in [0.25, 0.3) is 0 Å². The van der Waals surface area contributed by atoms with E-state index in [0.29, 0.717) is 11.5 Å². The molecule has 3 aliphatic carbocycles. The molecule has 0 aromatic heterocycles. The molecule has 3 rings (SSSR count). The Kier molecular flexibility index (Phi) is 4.85. The average Bonchev–Trinajstić information content (AvgIpc) is 2.82. The van der Waals surface area contributed by atoms with Crippen molar-refractivity contribution in [3.05, 3.63) is 11.6 Å². The highest BCUT2D eigenvalue weighted by molar-refractivity contribution is 5.82. The van der Waals surface area contributed by atoms with Gasteiger partial charge in [-0.05, 0) is 88.9 Å². The quantitative estimate of drug-likeness (QED) is 0.532. The van der Waals surface area contributed by atoms with E-state index in [0.717, 1.165) is 30.6 Å². The molecular formula is C21H34O3. The lowest BCUT2D eigenvalue weighted by Crippen LogP contribution is -2.46. The summed E-state index contributed by atoms with van der Waals surface area (Å²) in [5, 5.41) is 0. The number of rotatable bonds is 2. The van der Waals surface area contributed by atoms with Crippen LogP contribution < -0.4 is 0 Å². The second-order valence-electron chi connectivity index (χ2n) is 9.44. The first-order valence-electron chi connectivity index (χ1n) is 9.68. The molecule has 0 radical (unpaired) electrons. The minimum atomic E-state index is -0.191. The van der Waals surface area contributed by atoms with E-state index in [1.165, 1.54) is 44.8 Å². The first-order chi connectivity index (χ1) is 11.2. The van der Waals surface area contributed by atoms with Crippen molar-refractivity contribution < 1.29 is 14.3 Å². The molecule has 0 amide bonds. The molecule has 0 spiro atoms. The predicted octanol–water partition coefficient (Wildman–Crippen LogP) is 4.90. The van der Waals surface area contributed by atoms with Crippen molar-refractivity contribution in [1.29, 1.82) is 0 Å². The number of carbonyl (C=O) groups excluding carboxylic acids is 1. The average molecular weight is 335 g/mol. The van der Waals surface area contributed by atoms with Gasteiger partial charge in [0.2, 0.25) is 0 Å². The lowest BCUT2D eigenvalue weighted by molar-refractivity contribution is -0.135. The molecular weight excluding hydrogens is 300 g/mol. The summed E-state index contributed by atoms with van der Waals surface area (Å²) in [4.78, 5) is 11.5. The molecule has 0 N–H and O–H groups in total. The fraction of sp³-hybridized carbons (Fsp3) is 0.857. The molecule has 3 saturated carbocycles. The maximum Gasteiger partial charge on any atom is 0.330 e. The summed E-state index contributed by atoms with van der Waals surface area (Å²) in [5.74, 6) is 2.17. The molecule has 0 unspecified atom stereocenters. The van der Waals surface area contributed by atoms with Gasteiger partial charge in [-0.1, -0.05) is 12.5 Å². The Labute approximate surface area is 147 Å². The summed E-state index contributed by atoms with van der Waals surface area (Å²) in [6, 6.07) is 0. The van der Waals surface area contributed by atoms with Crippen LogP contribution in [0, 0.1) is 23.2 Å². The zero-order valence-corrected chi connectivity index (χ0v) is 16.1. The van der Waals surface area contributed by atoms with Crippen molar-refractivity contribution in [2.75, 3.05) is 7.11 Å². The van der Waals surface area contributed by atoms with Gasteiger partial charge in [0.15, 0.2) is 0 Å². The van der Waals surface area contributed by atoms with Gasteiger partial charge in [0.05, 0.1) is 18.8 Å². The Morgan fingerprint density at radius 3 is 2.62 bits per heavy atom. The SMILES string of the molecule is COC(=O)/C=C1/CC[C@H]2[C@@H](CC[C@]3(C)[C@@H]2CC[C@H]3OC(C)(C)C)C1. The van der Waals surface area contributed by atoms with E-state index in [9.17, 15) is 4.79 Å². The fourth-order valence-electron chi connectivity index (χ4n) is 5.78. The Morgan fingerprint density at radius 2 is 1.96 bits per heavy atom. The molecule has 0 saturated heterocycles. The van der Waals surface area contributed by atoms with Crippen LogP contribution in [0.5, 0.6) is 0 Å². The Morgan fingerprint density at radius 1 is 1.21 bits per heavy atom. The van der Waals surface area contributed by atoms with Crippen molar-refractivity contribution in [2.24, 2.45) is 23.2 Å². The van der Waals surface area contributed by atoms with E-state index >= 15 is 0 Å². The second-order valence-corrected chi connectivity index (χ2v) is 9.44. The van der Waals surface area contributed by atoms with Gasteiger partial charge >= 0.3 is 5.97 Å². The van der Waals surface area contributed by atoms with Crippen LogP contribution in [0.2, 0.25) is 0 Å². The van der Waals surface area contributed by atoms with Crippen LogP contribution in [0.15, 0.2) is 11.6 Å². The van der Waals surface area contributed by atoms with Crippen LogP contribution in [0.4, 0.5) is 0 Å². The monoisotopic (exact) mass is 334 g/mol. The first kappa shape index (κ1) is 18.0. The van der Waals surface area contributed by atoms with Gasteiger partial charge in [0, 0.05) is 6.08 Å². The number of allylic oxidation sites excluding steroid dienone is 1. The topological polar surface area (TPSA) is 35.5 Å². The molecule has 136 valence electrons. The van der Waals surface area contributed by atoms with Gasteiger partial charge in [-0.15, -0.1) is 0 Å². The number of methoxy groups -OCH3 is 1. The van der Waals surface area contributed by atoms with E-state index in [1.54, 1.807) is 6.08 Å². The van der Waals surface area contributed by atoms with Gasteiger partial charge < -0.3 is 9.47 Å². The maximum absolute atomic E-state index is 11.5. The minimum Gasteiger partial charge on any atom is -0.466 e. The zero-order valence-electron chi connectivity index (χ0n) is 16.1. The van der Waals surface area contributed by atoms with Crippen LogP contribution in [0.1, 0.15) is 72.6 Å². The Balaban J connectivity index is 1.71. The molecule has 3 heteroatoms. The van der Waals surface area contributed by atoms with E-state index in [4.69, 9.17) is 9.47 Å². The summed E-state index contributed by atoms with van der Waals surface area (Å²) >= 11 is 0. The molecule has 5 atom stereocenters.